The molecule has 5 atom stereocenters. The lowest BCUT2D eigenvalue weighted by molar-refractivity contribution is -0.906. The van der Waals surface area contributed by atoms with Crippen molar-refractivity contribution in [3.63, 3.8) is 0 Å². The number of amides is 2. The van der Waals surface area contributed by atoms with Crippen LogP contribution >= 0.6 is 11.3 Å². The fourth-order valence-electron chi connectivity index (χ4n) is 7.02. The zero-order chi connectivity index (χ0) is 28.5. The number of carbonyl (C=O) groups excluding carboxylic acids is 2. The van der Waals surface area contributed by atoms with Crippen LogP contribution in [-0.2, 0) is 16.0 Å². The Balaban J connectivity index is 1.38. The Morgan fingerprint density at radius 2 is 1.95 bits per heavy atom. The zero-order valence-corrected chi connectivity index (χ0v) is 24.0. The predicted octanol–water partition coefficient (Wildman–Crippen LogP) is 1.37. The van der Waals surface area contributed by atoms with Crippen molar-refractivity contribution in [2.24, 2.45) is 16.7 Å². The first-order valence-corrected chi connectivity index (χ1v) is 15.0. The molecule has 5 N–H and O–H groups in total. The number of rotatable bonds is 8. The van der Waals surface area contributed by atoms with Crippen LogP contribution in [0.25, 0.3) is 0 Å². The number of anilines is 1. The van der Waals surface area contributed by atoms with Gasteiger partial charge in [-0.3, -0.25) is 14.9 Å². The van der Waals surface area contributed by atoms with Crippen molar-refractivity contribution >= 4 is 28.3 Å². The summed E-state index contributed by atoms with van der Waals surface area (Å²) in [7, 11) is 0. The normalized spacial score (nSPS) is 30.3. The van der Waals surface area contributed by atoms with Crippen molar-refractivity contribution in [1.29, 1.82) is 0 Å². The van der Waals surface area contributed by atoms with Gasteiger partial charge in [0, 0.05) is 28.2 Å². The van der Waals surface area contributed by atoms with Crippen molar-refractivity contribution in [2.75, 3.05) is 51.3 Å². The Kier molecular flexibility index (Phi) is 8.58. The van der Waals surface area contributed by atoms with E-state index in [0.717, 1.165) is 43.4 Å². The first-order valence-electron chi connectivity index (χ1n) is 14.2. The molecule has 1 saturated heterocycles. The number of aromatic nitrogens is 1. The molecule has 1 aliphatic heterocycles. The van der Waals surface area contributed by atoms with Gasteiger partial charge in [-0.05, 0) is 54.9 Å². The van der Waals surface area contributed by atoms with Crippen molar-refractivity contribution < 1.29 is 33.8 Å². The molecule has 0 bridgehead atoms. The Morgan fingerprint density at radius 1 is 1.23 bits per heavy atom. The number of fused-ring (bicyclic) bond motifs is 2. The maximum absolute atomic E-state index is 13.3. The van der Waals surface area contributed by atoms with E-state index in [1.165, 1.54) is 40.5 Å². The van der Waals surface area contributed by atoms with Crippen LogP contribution < -0.4 is 15.5 Å². The molecule has 1 saturated carbocycles. The van der Waals surface area contributed by atoms with E-state index in [9.17, 15) is 24.2 Å². The number of nitrogens with zero attached hydrogens (tertiary/aromatic N) is 1. The number of aliphatic hydroxyl groups excluding tert-OH is 2. The Bertz CT molecular complexity index is 1220. The van der Waals surface area contributed by atoms with Gasteiger partial charge in [0.25, 0.3) is 5.91 Å². The van der Waals surface area contributed by atoms with Crippen LogP contribution in [0.4, 0.5) is 9.52 Å². The highest BCUT2D eigenvalue weighted by Crippen LogP contribution is 2.62. The lowest BCUT2D eigenvalue weighted by atomic mass is 9.47. The Hall–Kier alpha value is -2.44. The predicted molar refractivity (Wildman–Crippen MR) is 149 cm³/mol. The lowest BCUT2D eigenvalue weighted by Crippen LogP contribution is -3.14. The monoisotopic (exact) mass is 575 g/mol. The molecular formula is C29H40FN4O5S+. The van der Waals surface area contributed by atoms with Crippen molar-refractivity contribution in [2.45, 2.75) is 51.6 Å². The first kappa shape index (κ1) is 29.1. The van der Waals surface area contributed by atoms with Gasteiger partial charge in [0.1, 0.15) is 18.9 Å². The summed E-state index contributed by atoms with van der Waals surface area (Å²) in [6.07, 6.45) is 1.44. The molecule has 2 aromatic rings. The molecule has 11 heteroatoms. The highest BCUT2D eigenvalue weighted by molar-refractivity contribution is 7.15. The largest absolute Gasteiger partial charge is 0.396 e. The van der Waals surface area contributed by atoms with Gasteiger partial charge in [-0.1, -0.05) is 13.8 Å². The van der Waals surface area contributed by atoms with Gasteiger partial charge in [0.05, 0.1) is 44.7 Å². The molecular weight excluding hydrogens is 535 g/mol. The smallest absolute Gasteiger partial charge is 0.257 e. The Labute approximate surface area is 238 Å². The van der Waals surface area contributed by atoms with Crippen molar-refractivity contribution in [1.82, 2.24) is 10.3 Å². The second kappa shape index (κ2) is 11.8. The van der Waals surface area contributed by atoms with E-state index in [2.05, 4.69) is 17.6 Å². The highest BCUT2D eigenvalue weighted by Gasteiger charge is 2.59. The van der Waals surface area contributed by atoms with E-state index in [1.807, 2.05) is 6.92 Å². The first-order chi connectivity index (χ1) is 19.1. The van der Waals surface area contributed by atoms with Crippen LogP contribution in [0.1, 0.15) is 60.0 Å². The minimum atomic E-state index is -0.722. The van der Waals surface area contributed by atoms with Crippen LogP contribution in [-0.4, -0.2) is 79.1 Å². The minimum absolute atomic E-state index is 0.0489. The number of aliphatic hydroxyl groups is 2. The number of morpholine rings is 1. The molecule has 2 fully saturated rings. The van der Waals surface area contributed by atoms with Gasteiger partial charge < -0.3 is 25.2 Å². The van der Waals surface area contributed by atoms with Gasteiger partial charge in [0.15, 0.2) is 5.13 Å². The maximum atomic E-state index is 13.3. The third kappa shape index (κ3) is 5.67. The van der Waals surface area contributed by atoms with E-state index in [4.69, 9.17) is 9.72 Å². The van der Waals surface area contributed by atoms with Crippen molar-refractivity contribution in [3.05, 3.63) is 46.2 Å². The standard InChI is InChI=1S/C29H39FN4O5S/c1-28-8-7-23(36)29(2,17-35)22(28)16-21-25(20(28)15-24(37)31-9-10-34-11-13-39-14-12-34)32-27(40-21)33-26(38)18-3-5-19(30)6-4-18/h3-6,20,22-23,35-36H,7-17H2,1-2H3,(H,31,37)(H,32,33,38)/p+1/t20-,22+,23-,28+,29+/m1/s1. The summed E-state index contributed by atoms with van der Waals surface area (Å²) in [6.45, 7) is 8.73. The summed E-state index contributed by atoms with van der Waals surface area (Å²) in [4.78, 5) is 33.4. The molecule has 0 spiro atoms. The minimum Gasteiger partial charge on any atom is -0.396 e. The number of hydrogen-bond donors (Lipinski definition) is 5. The number of hydrogen-bond acceptors (Lipinski definition) is 7. The second-order valence-corrected chi connectivity index (χ2v) is 13.1. The summed E-state index contributed by atoms with van der Waals surface area (Å²) in [5, 5.41) is 27.8. The quantitative estimate of drug-likeness (QED) is 0.324. The maximum Gasteiger partial charge on any atom is 0.257 e. The zero-order valence-electron chi connectivity index (χ0n) is 23.2. The van der Waals surface area contributed by atoms with Crippen LogP contribution in [0.2, 0.25) is 0 Å². The third-order valence-corrected chi connectivity index (χ3v) is 10.6. The molecule has 2 heterocycles. The third-order valence-electron chi connectivity index (χ3n) is 9.61. The van der Waals surface area contributed by atoms with E-state index in [-0.39, 0.29) is 42.1 Å². The number of nitrogens with one attached hydrogen (secondary N) is 3. The number of halogens is 1. The number of thiazole rings is 1. The molecule has 0 unspecified atom stereocenters. The molecule has 5 rings (SSSR count). The number of ether oxygens (including phenoxy) is 1. The highest BCUT2D eigenvalue weighted by atomic mass is 32.1. The molecule has 40 heavy (non-hydrogen) atoms. The van der Waals surface area contributed by atoms with Gasteiger partial charge in [-0.2, -0.15) is 0 Å². The molecule has 2 amide bonds. The molecule has 0 radical (unpaired) electrons. The Morgan fingerprint density at radius 3 is 2.65 bits per heavy atom. The molecule has 218 valence electrons. The van der Waals surface area contributed by atoms with Gasteiger partial charge in [-0.15, -0.1) is 11.3 Å². The SMILES string of the molecule is C[C@]1(CO)[C@H]2Cc3sc(NC(=O)c4ccc(F)cc4)nc3[C@@H](CC(=O)NCC[NH+]3CCOCC3)[C@]2(C)CC[C@H]1O. The summed E-state index contributed by atoms with van der Waals surface area (Å²) < 4.78 is 18.8. The number of carbonyl (C=O) groups is 2. The lowest BCUT2D eigenvalue weighted by Gasteiger charge is -2.58. The van der Waals surface area contributed by atoms with Gasteiger partial charge >= 0.3 is 0 Å². The van der Waals surface area contributed by atoms with Gasteiger partial charge in [0.2, 0.25) is 5.91 Å². The van der Waals surface area contributed by atoms with Crippen LogP contribution in [0, 0.1) is 22.6 Å². The average Bonchev–Trinajstić information content (AvgIpc) is 3.35. The van der Waals surface area contributed by atoms with Crippen molar-refractivity contribution in [3.8, 4) is 0 Å². The average molecular weight is 576 g/mol. The van der Waals surface area contributed by atoms with Gasteiger partial charge in [-0.25, -0.2) is 9.37 Å². The summed E-state index contributed by atoms with van der Waals surface area (Å²) in [5.41, 5.74) is 0.0389. The molecule has 1 aromatic carbocycles. The van der Waals surface area contributed by atoms with Crippen LogP contribution in [0.15, 0.2) is 24.3 Å². The number of benzene rings is 1. The summed E-state index contributed by atoms with van der Waals surface area (Å²) in [6, 6.07) is 5.33. The fraction of sp³-hybridized carbons (Fsp3) is 0.621. The number of quaternary nitrogens is 1. The van der Waals surface area contributed by atoms with E-state index >= 15 is 0 Å². The molecule has 1 aromatic heterocycles. The topological polar surface area (TPSA) is 125 Å². The van der Waals surface area contributed by atoms with E-state index < -0.39 is 17.3 Å². The molecule has 2 aliphatic carbocycles. The molecule has 9 nitrogen and oxygen atoms in total. The summed E-state index contributed by atoms with van der Waals surface area (Å²) >= 11 is 1.37. The van der Waals surface area contributed by atoms with E-state index in [0.29, 0.717) is 36.5 Å². The molecule has 3 aliphatic rings. The van der Waals surface area contributed by atoms with Crippen LogP contribution in [0.5, 0.6) is 0 Å². The fourth-order valence-corrected chi connectivity index (χ4v) is 8.08. The van der Waals surface area contributed by atoms with Crippen LogP contribution in [0.3, 0.4) is 0 Å². The van der Waals surface area contributed by atoms with E-state index in [1.54, 1.807) is 0 Å². The second-order valence-electron chi connectivity index (χ2n) is 12.0. The summed E-state index contributed by atoms with van der Waals surface area (Å²) in [5.74, 6) is -1.16.